The third-order valence-electron chi connectivity index (χ3n) is 2.39. The van der Waals surface area contributed by atoms with Gasteiger partial charge in [-0.3, -0.25) is 10.1 Å². The van der Waals surface area contributed by atoms with Crippen molar-refractivity contribution in [1.29, 1.82) is 0 Å². The average Bonchev–Trinajstić information content (AvgIpc) is 2.05. The summed E-state index contributed by atoms with van der Waals surface area (Å²) in [5, 5.41) is 13.8. The number of nitro groups is 1. The van der Waals surface area contributed by atoms with Crippen LogP contribution in [0.3, 0.4) is 0 Å². The molecule has 1 saturated heterocycles. The predicted molar refractivity (Wildman–Crippen MR) is 61.2 cm³/mol. The van der Waals surface area contributed by atoms with Gasteiger partial charge < -0.3 is 5.32 Å². The van der Waals surface area contributed by atoms with E-state index in [0.29, 0.717) is 6.04 Å². The smallest absolute Gasteiger partial charge is 0.269 e. The highest BCUT2D eigenvalue weighted by molar-refractivity contribution is 14.1. The van der Waals surface area contributed by atoms with Crippen molar-refractivity contribution in [1.82, 2.24) is 5.32 Å². The number of non-ortho nitro benzene ring substituents is 1. The van der Waals surface area contributed by atoms with Crippen LogP contribution in [0.15, 0.2) is 18.2 Å². The second-order valence-corrected chi connectivity index (χ2v) is 4.42. The minimum absolute atomic E-state index is 0.175. The maximum Gasteiger partial charge on any atom is 0.269 e. The van der Waals surface area contributed by atoms with Crippen LogP contribution in [0.1, 0.15) is 18.0 Å². The molecule has 1 aromatic rings. The fourth-order valence-corrected chi connectivity index (χ4v) is 2.18. The standard InChI is InChI=1S/C9H9IN2O2/c10-8-2-1-6(12(13)14)5-7(8)9-3-4-11-9/h1-2,5,9,11H,3-4H2/t9-/m1/s1. The highest BCUT2D eigenvalue weighted by atomic mass is 127. The summed E-state index contributed by atoms with van der Waals surface area (Å²) in [7, 11) is 0. The summed E-state index contributed by atoms with van der Waals surface area (Å²) in [4.78, 5) is 10.2. The lowest BCUT2D eigenvalue weighted by atomic mass is 9.98. The van der Waals surface area contributed by atoms with E-state index in [1.807, 2.05) is 0 Å². The molecule has 1 heterocycles. The normalized spacial score (nSPS) is 20.2. The first-order valence-corrected chi connectivity index (χ1v) is 5.43. The summed E-state index contributed by atoms with van der Waals surface area (Å²) < 4.78 is 1.09. The van der Waals surface area contributed by atoms with Crippen molar-refractivity contribution >= 4 is 28.3 Å². The number of hydrogen-bond donors (Lipinski definition) is 1. The molecule has 0 radical (unpaired) electrons. The van der Waals surface area contributed by atoms with Crippen molar-refractivity contribution in [3.05, 3.63) is 37.4 Å². The van der Waals surface area contributed by atoms with Gasteiger partial charge >= 0.3 is 0 Å². The van der Waals surface area contributed by atoms with Crippen LogP contribution in [-0.2, 0) is 0 Å². The van der Waals surface area contributed by atoms with Crippen LogP contribution < -0.4 is 5.32 Å². The molecule has 1 N–H and O–H groups in total. The highest BCUT2D eigenvalue weighted by Crippen LogP contribution is 2.29. The van der Waals surface area contributed by atoms with Gasteiger partial charge in [0.15, 0.2) is 0 Å². The van der Waals surface area contributed by atoms with Crippen LogP contribution in [-0.4, -0.2) is 11.5 Å². The summed E-state index contributed by atoms with van der Waals surface area (Å²) in [5.41, 5.74) is 1.22. The largest absolute Gasteiger partial charge is 0.310 e. The zero-order valence-corrected chi connectivity index (χ0v) is 9.52. The SMILES string of the molecule is O=[N+]([O-])c1ccc(I)c([C@H]2CCN2)c1. The van der Waals surface area contributed by atoms with Gasteiger partial charge in [-0.25, -0.2) is 0 Å². The Morgan fingerprint density at radius 3 is 2.79 bits per heavy atom. The quantitative estimate of drug-likeness (QED) is 0.518. The second kappa shape index (κ2) is 3.82. The van der Waals surface area contributed by atoms with Gasteiger partial charge in [0.25, 0.3) is 5.69 Å². The third kappa shape index (κ3) is 1.74. The fourth-order valence-electron chi connectivity index (χ4n) is 1.47. The summed E-state index contributed by atoms with van der Waals surface area (Å²) >= 11 is 2.21. The molecular formula is C9H9IN2O2. The van der Waals surface area contributed by atoms with E-state index in [-0.39, 0.29) is 10.6 Å². The zero-order chi connectivity index (χ0) is 10.1. The topological polar surface area (TPSA) is 55.2 Å². The van der Waals surface area contributed by atoms with E-state index >= 15 is 0 Å². The molecule has 0 bridgehead atoms. The maximum atomic E-state index is 10.6. The van der Waals surface area contributed by atoms with E-state index in [2.05, 4.69) is 27.9 Å². The lowest BCUT2D eigenvalue weighted by Gasteiger charge is -2.28. The summed E-state index contributed by atoms with van der Waals surface area (Å²) in [6.45, 7) is 1.00. The Bertz CT molecular complexity index is 377. The Morgan fingerprint density at radius 2 is 2.29 bits per heavy atom. The van der Waals surface area contributed by atoms with Gasteiger partial charge in [0.05, 0.1) is 4.92 Å². The van der Waals surface area contributed by atoms with E-state index in [4.69, 9.17) is 0 Å². The number of halogens is 1. The van der Waals surface area contributed by atoms with Gasteiger partial charge in [-0.15, -0.1) is 0 Å². The van der Waals surface area contributed by atoms with Crippen LogP contribution in [0, 0.1) is 13.7 Å². The van der Waals surface area contributed by atoms with Crippen molar-refractivity contribution in [3.8, 4) is 0 Å². The Labute approximate surface area is 95.0 Å². The van der Waals surface area contributed by atoms with Crippen molar-refractivity contribution in [2.24, 2.45) is 0 Å². The minimum atomic E-state index is -0.349. The van der Waals surface area contributed by atoms with Crippen molar-refractivity contribution in [3.63, 3.8) is 0 Å². The van der Waals surface area contributed by atoms with Gasteiger partial charge in [-0.1, -0.05) is 0 Å². The first-order valence-electron chi connectivity index (χ1n) is 4.35. The molecule has 0 spiro atoms. The first kappa shape index (κ1) is 9.85. The molecule has 0 saturated carbocycles. The Balaban J connectivity index is 2.36. The van der Waals surface area contributed by atoms with Gasteiger partial charge in [0.2, 0.25) is 0 Å². The van der Waals surface area contributed by atoms with Crippen LogP contribution >= 0.6 is 22.6 Å². The number of rotatable bonds is 2. The molecule has 74 valence electrons. The first-order chi connectivity index (χ1) is 6.68. The zero-order valence-electron chi connectivity index (χ0n) is 7.37. The van der Waals surface area contributed by atoms with Crippen LogP contribution in [0.2, 0.25) is 0 Å². The van der Waals surface area contributed by atoms with E-state index in [1.54, 1.807) is 18.2 Å². The highest BCUT2D eigenvalue weighted by Gasteiger charge is 2.22. The third-order valence-corrected chi connectivity index (χ3v) is 3.37. The minimum Gasteiger partial charge on any atom is -0.310 e. The predicted octanol–water partition coefficient (Wildman–Crippen LogP) is 2.23. The number of hydrogen-bond acceptors (Lipinski definition) is 3. The molecule has 0 aliphatic carbocycles. The summed E-state index contributed by atoms with van der Waals surface area (Å²) in [5.74, 6) is 0. The molecule has 1 fully saturated rings. The van der Waals surface area contributed by atoms with E-state index in [1.165, 1.54) is 0 Å². The van der Waals surface area contributed by atoms with Gasteiger partial charge in [-0.05, 0) is 47.2 Å². The fraction of sp³-hybridized carbons (Fsp3) is 0.333. The Morgan fingerprint density at radius 1 is 1.57 bits per heavy atom. The second-order valence-electron chi connectivity index (χ2n) is 3.26. The van der Waals surface area contributed by atoms with Crippen molar-refractivity contribution in [2.75, 3.05) is 6.54 Å². The molecule has 5 heteroatoms. The van der Waals surface area contributed by atoms with Gasteiger partial charge in [0.1, 0.15) is 0 Å². The molecule has 0 unspecified atom stereocenters. The molecule has 14 heavy (non-hydrogen) atoms. The molecule has 0 amide bonds. The number of benzene rings is 1. The number of nitrogens with zero attached hydrogens (tertiary/aromatic N) is 1. The number of nitro benzene ring substituents is 1. The average molecular weight is 304 g/mol. The Hall–Kier alpha value is -0.690. The maximum absolute atomic E-state index is 10.6. The molecule has 1 aliphatic rings. The lowest BCUT2D eigenvalue weighted by Crippen LogP contribution is -2.35. The molecule has 1 aromatic carbocycles. The summed E-state index contributed by atoms with van der Waals surface area (Å²) in [6, 6.07) is 5.32. The molecule has 2 rings (SSSR count). The van der Waals surface area contributed by atoms with Crippen molar-refractivity contribution in [2.45, 2.75) is 12.5 Å². The number of nitrogens with one attached hydrogen (secondary N) is 1. The molecular weight excluding hydrogens is 295 g/mol. The monoisotopic (exact) mass is 304 g/mol. The molecule has 4 nitrogen and oxygen atoms in total. The summed E-state index contributed by atoms with van der Waals surface area (Å²) in [6.07, 6.45) is 1.07. The van der Waals surface area contributed by atoms with Crippen LogP contribution in [0.5, 0.6) is 0 Å². The van der Waals surface area contributed by atoms with E-state index in [0.717, 1.165) is 22.1 Å². The van der Waals surface area contributed by atoms with Crippen molar-refractivity contribution < 1.29 is 4.92 Å². The lowest BCUT2D eigenvalue weighted by molar-refractivity contribution is -0.385. The Kier molecular flexibility index (Phi) is 2.69. The molecule has 0 aromatic heterocycles. The van der Waals surface area contributed by atoms with E-state index in [9.17, 15) is 10.1 Å². The molecule has 1 aliphatic heterocycles. The van der Waals surface area contributed by atoms with Crippen LogP contribution in [0.4, 0.5) is 5.69 Å². The van der Waals surface area contributed by atoms with Gasteiger partial charge in [0, 0.05) is 21.7 Å². The van der Waals surface area contributed by atoms with Gasteiger partial charge in [-0.2, -0.15) is 0 Å². The molecule has 1 atom stereocenters. The van der Waals surface area contributed by atoms with Crippen LogP contribution in [0.25, 0.3) is 0 Å². The van der Waals surface area contributed by atoms with E-state index < -0.39 is 0 Å².